The van der Waals surface area contributed by atoms with Gasteiger partial charge in [-0.05, 0) is 92.6 Å². The van der Waals surface area contributed by atoms with E-state index < -0.39 is 0 Å². The lowest BCUT2D eigenvalue weighted by Gasteiger charge is -2.28. The monoisotopic (exact) mass is 580 g/mol. The third kappa shape index (κ3) is 5.24. The molecule has 0 radical (unpaired) electrons. The third-order valence-corrected chi connectivity index (χ3v) is 8.13. The van der Waals surface area contributed by atoms with E-state index in [4.69, 9.17) is 44.9 Å². The van der Waals surface area contributed by atoms with Crippen molar-refractivity contribution in [2.75, 3.05) is 25.2 Å². The van der Waals surface area contributed by atoms with Gasteiger partial charge < -0.3 is 24.3 Å². The Morgan fingerprint density at radius 1 is 0.974 bits per heavy atom. The number of aromatic nitrogens is 2. The van der Waals surface area contributed by atoms with Crippen LogP contribution in [0.2, 0.25) is 10.0 Å². The van der Waals surface area contributed by atoms with Crippen LogP contribution in [-0.2, 0) is 4.74 Å². The van der Waals surface area contributed by atoms with Crippen molar-refractivity contribution in [3.05, 3.63) is 105 Å². The van der Waals surface area contributed by atoms with E-state index in [0.717, 1.165) is 44.6 Å². The zero-order chi connectivity index (χ0) is 27.7. The van der Waals surface area contributed by atoms with Crippen molar-refractivity contribution in [1.82, 2.24) is 14.9 Å². The van der Waals surface area contributed by atoms with Crippen LogP contribution in [0.5, 0.6) is 5.75 Å². The number of anilines is 1. The van der Waals surface area contributed by atoms with Gasteiger partial charge in [0.2, 0.25) is 0 Å². The topological polar surface area (TPSA) is 51.6 Å². The molecule has 4 aromatic rings. The highest BCUT2D eigenvalue weighted by Gasteiger charge is 2.42. The number of nitrogens with one attached hydrogen (secondary N) is 1. The Morgan fingerprint density at radius 3 is 2.51 bits per heavy atom. The Kier molecular flexibility index (Phi) is 8.14. The van der Waals surface area contributed by atoms with Crippen molar-refractivity contribution in [2.45, 2.75) is 32.9 Å². The van der Waals surface area contributed by atoms with Crippen molar-refractivity contribution < 1.29 is 9.47 Å². The van der Waals surface area contributed by atoms with Crippen molar-refractivity contribution in [1.29, 1.82) is 0 Å². The third-order valence-electron chi connectivity index (χ3n) is 7.11. The van der Waals surface area contributed by atoms with Crippen molar-refractivity contribution in [3.63, 3.8) is 0 Å². The Hall–Kier alpha value is -3.10. The summed E-state index contributed by atoms with van der Waals surface area (Å²) in [4.78, 5) is 6.81. The number of halogens is 2. The van der Waals surface area contributed by atoms with E-state index >= 15 is 0 Å². The van der Waals surface area contributed by atoms with E-state index in [2.05, 4.69) is 45.7 Å². The second-order valence-electron chi connectivity index (χ2n) is 9.50. The van der Waals surface area contributed by atoms with Crippen LogP contribution in [0.4, 0.5) is 5.69 Å². The summed E-state index contributed by atoms with van der Waals surface area (Å²) >= 11 is 19.1. The Balaban J connectivity index is 1.62. The second-order valence-corrected chi connectivity index (χ2v) is 10.7. The van der Waals surface area contributed by atoms with Crippen LogP contribution >= 0.6 is 35.4 Å². The summed E-state index contributed by atoms with van der Waals surface area (Å²) in [5.41, 5.74) is 7.19. The number of hydrogen-bond acceptors (Lipinski definition) is 4. The molecular formula is C30H30Cl2N4O2S. The fraction of sp³-hybridized carbons (Fsp3) is 0.267. The Labute approximate surface area is 244 Å². The molecule has 3 heterocycles. The zero-order valence-corrected chi connectivity index (χ0v) is 24.6. The number of ether oxygens (including phenoxy) is 2. The van der Waals surface area contributed by atoms with E-state index in [0.29, 0.717) is 29.1 Å². The summed E-state index contributed by atoms with van der Waals surface area (Å²) in [6.07, 6.45) is 1.81. The molecule has 0 aliphatic carbocycles. The van der Waals surface area contributed by atoms with Crippen LogP contribution in [0, 0.1) is 20.8 Å². The fourth-order valence-electron chi connectivity index (χ4n) is 5.24. The number of rotatable bonds is 8. The maximum Gasteiger partial charge on any atom is 0.174 e. The normalized spacial score (nSPS) is 17.0. The van der Waals surface area contributed by atoms with E-state index in [1.807, 2.05) is 55.5 Å². The number of hydrogen-bond donors (Lipinski definition) is 1. The molecular weight excluding hydrogens is 551 g/mol. The summed E-state index contributed by atoms with van der Waals surface area (Å²) in [7, 11) is 1.64. The highest BCUT2D eigenvalue weighted by molar-refractivity contribution is 7.80. The molecule has 5 rings (SSSR count). The zero-order valence-electron chi connectivity index (χ0n) is 22.2. The molecule has 0 saturated carbocycles. The van der Waals surface area contributed by atoms with Crippen molar-refractivity contribution >= 4 is 46.2 Å². The van der Waals surface area contributed by atoms with Crippen LogP contribution in [0.1, 0.15) is 40.3 Å². The number of thiocarbonyl (C=S) groups is 1. The Bertz CT molecular complexity index is 1510. The molecule has 0 amide bonds. The SMILES string of the molecule is COCCOc1ccc(N2C(=S)N[C@H](c3ccccn3)[C@@H]2c2cc(C)n(-c3cccc(Cl)c3C)c2C)cc1Cl. The molecule has 202 valence electrons. The molecule has 6 nitrogen and oxygen atoms in total. The van der Waals surface area contributed by atoms with Crippen LogP contribution in [0.3, 0.4) is 0 Å². The molecule has 2 aromatic carbocycles. The van der Waals surface area contributed by atoms with Gasteiger partial charge in [0, 0.05) is 41.1 Å². The molecule has 9 heteroatoms. The minimum absolute atomic E-state index is 0.176. The van der Waals surface area contributed by atoms with Crippen LogP contribution < -0.4 is 15.0 Å². The minimum Gasteiger partial charge on any atom is -0.490 e. The largest absolute Gasteiger partial charge is 0.490 e. The first-order valence-electron chi connectivity index (χ1n) is 12.7. The van der Waals surface area contributed by atoms with Crippen LogP contribution in [0.15, 0.2) is 66.9 Å². The lowest BCUT2D eigenvalue weighted by atomic mass is 9.96. The average Bonchev–Trinajstić information content (AvgIpc) is 3.42. The van der Waals surface area contributed by atoms with Crippen molar-refractivity contribution in [2.24, 2.45) is 0 Å². The first-order valence-corrected chi connectivity index (χ1v) is 13.8. The van der Waals surface area contributed by atoms with Crippen LogP contribution in [-0.4, -0.2) is 35.0 Å². The number of benzene rings is 2. The summed E-state index contributed by atoms with van der Waals surface area (Å²) in [5.74, 6) is 0.600. The molecule has 0 unspecified atom stereocenters. The van der Waals surface area contributed by atoms with Crippen molar-refractivity contribution in [3.8, 4) is 11.4 Å². The van der Waals surface area contributed by atoms with Gasteiger partial charge in [-0.25, -0.2) is 0 Å². The van der Waals surface area contributed by atoms with Gasteiger partial charge in [0.25, 0.3) is 0 Å². The maximum absolute atomic E-state index is 6.67. The van der Waals surface area contributed by atoms with Gasteiger partial charge in [0.15, 0.2) is 5.11 Å². The average molecular weight is 582 g/mol. The molecule has 39 heavy (non-hydrogen) atoms. The summed E-state index contributed by atoms with van der Waals surface area (Å²) < 4.78 is 13.1. The van der Waals surface area contributed by atoms with E-state index in [1.54, 1.807) is 13.3 Å². The lowest BCUT2D eigenvalue weighted by Crippen LogP contribution is -2.29. The van der Waals surface area contributed by atoms with E-state index in [-0.39, 0.29) is 12.1 Å². The minimum atomic E-state index is -0.178. The van der Waals surface area contributed by atoms with Gasteiger partial charge in [-0.2, -0.15) is 0 Å². The molecule has 1 aliphatic heterocycles. The predicted molar refractivity (Wildman–Crippen MR) is 162 cm³/mol. The Morgan fingerprint density at radius 2 is 1.79 bits per heavy atom. The summed E-state index contributed by atoms with van der Waals surface area (Å²) in [5, 5.41) is 5.38. The number of nitrogens with zero attached hydrogens (tertiary/aromatic N) is 3. The highest BCUT2D eigenvalue weighted by atomic mass is 35.5. The quantitative estimate of drug-likeness (QED) is 0.174. The molecule has 1 saturated heterocycles. The van der Waals surface area contributed by atoms with E-state index in [1.165, 1.54) is 0 Å². The molecule has 1 N–H and O–H groups in total. The molecule has 1 fully saturated rings. The van der Waals surface area contributed by atoms with Gasteiger partial charge in [-0.3, -0.25) is 4.98 Å². The smallest absolute Gasteiger partial charge is 0.174 e. The molecule has 0 bridgehead atoms. The predicted octanol–water partition coefficient (Wildman–Crippen LogP) is 7.31. The molecule has 0 spiro atoms. The van der Waals surface area contributed by atoms with Gasteiger partial charge in [-0.1, -0.05) is 35.3 Å². The first kappa shape index (κ1) is 27.5. The van der Waals surface area contributed by atoms with Gasteiger partial charge in [0.1, 0.15) is 12.4 Å². The summed E-state index contributed by atoms with van der Waals surface area (Å²) in [6, 6.07) is 19.6. The molecule has 2 atom stereocenters. The van der Waals surface area contributed by atoms with Gasteiger partial charge in [0.05, 0.1) is 29.4 Å². The number of aryl methyl sites for hydroxylation is 1. The van der Waals surface area contributed by atoms with E-state index in [9.17, 15) is 0 Å². The molecule has 2 aromatic heterocycles. The second kappa shape index (κ2) is 11.6. The standard InChI is InChI=1S/C30H30Cl2N4O2S/c1-18-16-22(20(3)35(18)26-10-7-8-23(31)19(26)2)29-28(25-9-5-6-13-33-25)34-30(39)36(29)21-11-12-27(24(32)17-21)38-15-14-37-4/h5-13,16-17,28-29H,14-15H2,1-4H3,(H,34,39)/t28-,29+/m1/s1. The lowest BCUT2D eigenvalue weighted by molar-refractivity contribution is 0.146. The van der Waals surface area contributed by atoms with Gasteiger partial charge in [-0.15, -0.1) is 0 Å². The molecule has 1 aliphatic rings. The van der Waals surface area contributed by atoms with Gasteiger partial charge >= 0.3 is 0 Å². The number of methoxy groups -OCH3 is 1. The summed E-state index contributed by atoms with van der Waals surface area (Å²) in [6.45, 7) is 7.19. The highest BCUT2D eigenvalue weighted by Crippen LogP contribution is 2.45. The first-order chi connectivity index (χ1) is 18.8. The maximum atomic E-state index is 6.67. The number of pyridine rings is 1. The van der Waals surface area contributed by atoms with Crippen LogP contribution in [0.25, 0.3) is 5.69 Å². The fourth-order valence-corrected chi connectivity index (χ4v) is 5.98.